The third kappa shape index (κ3) is 3.46. The van der Waals surface area contributed by atoms with Gasteiger partial charge in [0.1, 0.15) is 0 Å². The number of benzene rings is 1. The van der Waals surface area contributed by atoms with Crippen LogP contribution in [0.25, 0.3) is 0 Å². The molecule has 0 atom stereocenters. The Hall–Kier alpha value is -0.660. The summed E-state index contributed by atoms with van der Waals surface area (Å²) in [7, 11) is -1.89. The molecule has 7 heteroatoms. The molecule has 0 N–H and O–H groups in total. The summed E-state index contributed by atoms with van der Waals surface area (Å²) in [5.41, 5.74) is 0.795. The first-order valence-corrected chi connectivity index (χ1v) is 7.82. The van der Waals surface area contributed by atoms with Crippen LogP contribution in [0.4, 0.5) is 0 Å². The van der Waals surface area contributed by atoms with Gasteiger partial charge < -0.3 is 4.74 Å². The lowest BCUT2D eigenvalue weighted by Crippen LogP contribution is -2.47. The molecule has 1 aliphatic heterocycles. The van der Waals surface area contributed by atoms with Crippen molar-refractivity contribution in [1.82, 2.24) is 8.61 Å². The molecule has 1 heterocycles. The fraction of sp³-hybridized carbons (Fsp3) is 0.500. The first-order valence-electron chi connectivity index (χ1n) is 6.04. The van der Waals surface area contributed by atoms with Gasteiger partial charge in [0, 0.05) is 31.7 Å². The zero-order chi connectivity index (χ0) is 13.9. The smallest absolute Gasteiger partial charge is 0.282 e. The van der Waals surface area contributed by atoms with E-state index in [9.17, 15) is 8.42 Å². The van der Waals surface area contributed by atoms with E-state index >= 15 is 0 Å². The molecule has 0 bridgehead atoms. The second-order valence-electron chi connectivity index (χ2n) is 4.37. The maximum absolute atomic E-state index is 12.4. The molecular formula is C12H17ClN2O3S. The Morgan fingerprint density at radius 1 is 1.32 bits per heavy atom. The van der Waals surface area contributed by atoms with Crippen LogP contribution in [0.15, 0.2) is 24.3 Å². The Balaban J connectivity index is 2.10. The average Bonchev–Trinajstić information content (AvgIpc) is 2.42. The van der Waals surface area contributed by atoms with Crippen LogP contribution < -0.4 is 0 Å². The number of rotatable bonds is 4. The first kappa shape index (κ1) is 14.7. The van der Waals surface area contributed by atoms with Gasteiger partial charge in [-0.15, -0.1) is 0 Å². The normalized spacial score (nSPS) is 17.8. The van der Waals surface area contributed by atoms with Crippen molar-refractivity contribution >= 4 is 21.8 Å². The van der Waals surface area contributed by atoms with Crippen molar-refractivity contribution in [2.24, 2.45) is 0 Å². The van der Waals surface area contributed by atoms with E-state index in [-0.39, 0.29) is 6.54 Å². The van der Waals surface area contributed by atoms with Gasteiger partial charge in [-0.25, -0.2) is 0 Å². The quantitative estimate of drug-likeness (QED) is 0.844. The van der Waals surface area contributed by atoms with Crippen molar-refractivity contribution in [2.75, 3.05) is 33.4 Å². The summed E-state index contributed by atoms with van der Waals surface area (Å²) in [5.74, 6) is 0. The summed E-state index contributed by atoms with van der Waals surface area (Å²) >= 11 is 6.05. The van der Waals surface area contributed by atoms with Crippen molar-refractivity contribution in [3.8, 4) is 0 Å². The van der Waals surface area contributed by atoms with Crippen LogP contribution in [0, 0.1) is 0 Å². The lowest BCUT2D eigenvalue weighted by atomic mass is 10.2. The van der Waals surface area contributed by atoms with Crippen LogP contribution in [-0.4, -0.2) is 50.4 Å². The minimum Gasteiger partial charge on any atom is -0.379 e. The highest BCUT2D eigenvalue weighted by Gasteiger charge is 2.28. The predicted octanol–water partition coefficient (Wildman–Crippen LogP) is 1.35. The van der Waals surface area contributed by atoms with Crippen LogP contribution in [0.5, 0.6) is 0 Å². The maximum Gasteiger partial charge on any atom is 0.282 e. The fourth-order valence-electron chi connectivity index (χ4n) is 1.92. The van der Waals surface area contributed by atoms with Gasteiger partial charge in [0.05, 0.1) is 13.2 Å². The molecule has 1 saturated heterocycles. The Morgan fingerprint density at radius 3 is 2.58 bits per heavy atom. The molecule has 1 fully saturated rings. The van der Waals surface area contributed by atoms with E-state index < -0.39 is 10.2 Å². The lowest BCUT2D eigenvalue weighted by molar-refractivity contribution is 0.0705. The summed E-state index contributed by atoms with van der Waals surface area (Å²) < 4.78 is 32.6. The number of hydrogen-bond donors (Lipinski definition) is 0. The minimum absolute atomic E-state index is 0.263. The highest BCUT2D eigenvalue weighted by Crippen LogP contribution is 2.19. The van der Waals surface area contributed by atoms with Gasteiger partial charge >= 0.3 is 0 Å². The van der Waals surface area contributed by atoms with Crippen molar-refractivity contribution in [3.63, 3.8) is 0 Å². The highest BCUT2D eigenvalue weighted by molar-refractivity contribution is 7.86. The van der Waals surface area contributed by atoms with Gasteiger partial charge in [-0.05, 0) is 11.6 Å². The lowest BCUT2D eigenvalue weighted by Gasteiger charge is -2.30. The zero-order valence-corrected chi connectivity index (χ0v) is 12.3. The molecule has 5 nitrogen and oxygen atoms in total. The van der Waals surface area contributed by atoms with Gasteiger partial charge in [0.2, 0.25) is 0 Å². The van der Waals surface area contributed by atoms with Crippen molar-refractivity contribution in [1.29, 1.82) is 0 Å². The molecular weight excluding hydrogens is 288 g/mol. The number of nitrogens with zero attached hydrogens (tertiary/aromatic N) is 2. The average molecular weight is 305 g/mol. The molecule has 0 saturated carbocycles. The summed E-state index contributed by atoms with van der Waals surface area (Å²) in [6.07, 6.45) is 0. The maximum atomic E-state index is 12.4. The van der Waals surface area contributed by atoms with Crippen LogP contribution in [0.2, 0.25) is 5.02 Å². The Morgan fingerprint density at radius 2 is 1.95 bits per heavy atom. The van der Waals surface area contributed by atoms with Crippen molar-refractivity contribution in [2.45, 2.75) is 6.54 Å². The number of hydrogen-bond acceptors (Lipinski definition) is 3. The fourth-order valence-corrected chi connectivity index (χ4v) is 3.42. The largest absolute Gasteiger partial charge is 0.379 e. The molecule has 0 aromatic heterocycles. The van der Waals surface area contributed by atoms with Crippen molar-refractivity contribution < 1.29 is 13.2 Å². The van der Waals surface area contributed by atoms with Gasteiger partial charge in [0.15, 0.2) is 0 Å². The summed E-state index contributed by atoms with van der Waals surface area (Å²) in [6, 6.07) is 7.25. The van der Waals surface area contributed by atoms with E-state index in [2.05, 4.69) is 0 Å². The third-order valence-electron chi connectivity index (χ3n) is 3.04. The van der Waals surface area contributed by atoms with Crippen molar-refractivity contribution in [3.05, 3.63) is 34.9 Å². The molecule has 0 radical (unpaired) electrons. The molecule has 106 valence electrons. The van der Waals surface area contributed by atoms with Gasteiger partial charge in [-0.1, -0.05) is 29.8 Å². The second-order valence-corrected chi connectivity index (χ2v) is 6.81. The van der Waals surface area contributed by atoms with E-state index in [0.717, 1.165) is 5.56 Å². The second kappa shape index (κ2) is 6.19. The molecule has 0 aliphatic carbocycles. The summed E-state index contributed by atoms with van der Waals surface area (Å²) in [6.45, 7) is 1.95. The van der Waals surface area contributed by atoms with Crippen LogP contribution >= 0.6 is 11.6 Å². The predicted molar refractivity (Wildman–Crippen MR) is 74.2 cm³/mol. The molecule has 1 aliphatic rings. The van der Waals surface area contributed by atoms with E-state index in [1.165, 1.54) is 8.61 Å². The van der Waals surface area contributed by atoms with E-state index in [0.29, 0.717) is 31.3 Å². The zero-order valence-electron chi connectivity index (χ0n) is 10.8. The highest BCUT2D eigenvalue weighted by atomic mass is 35.5. The minimum atomic E-state index is -3.45. The van der Waals surface area contributed by atoms with Crippen LogP contribution in [-0.2, 0) is 21.5 Å². The molecule has 0 unspecified atom stereocenters. The molecule has 0 spiro atoms. The molecule has 2 rings (SSSR count). The van der Waals surface area contributed by atoms with Gasteiger partial charge in [-0.2, -0.15) is 17.0 Å². The van der Waals surface area contributed by atoms with Crippen LogP contribution in [0.3, 0.4) is 0 Å². The molecule has 1 aromatic carbocycles. The van der Waals surface area contributed by atoms with Gasteiger partial charge in [-0.3, -0.25) is 0 Å². The first-order chi connectivity index (χ1) is 9.01. The molecule has 19 heavy (non-hydrogen) atoms. The Kier molecular flexibility index (Phi) is 4.81. The molecule has 1 aromatic rings. The third-order valence-corrected chi connectivity index (χ3v) is 5.34. The number of ether oxygens (including phenoxy) is 1. The SMILES string of the molecule is CN(Cc1ccccc1Cl)S(=O)(=O)N1CCOCC1. The summed E-state index contributed by atoms with van der Waals surface area (Å²) in [5, 5.41) is 0.575. The van der Waals surface area contributed by atoms with E-state index in [1.54, 1.807) is 13.1 Å². The monoisotopic (exact) mass is 304 g/mol. The standard InChI is InChI=1S/C12H17ClN2O3S/c1-14(10-11-4-2-3-5-12(11)13)19(16,17)15-6-8-18-9-7-15/h2-5H,6-10H2,1H3. The number of halogens is 1. The van der Waals surface area contributed by atoms with E-state index in [1.807, 2.05) is 18.2 Å². The van der Waals surface area contributed by atoms with Gasteiger partial charge in [0.25, 0.3) is 10.2 Å². The Bertz CT molecular complexity index is 530. The Labute approximate surface area is 118 Å². The van der Waals surface area contributed by atoms with E-state index in [4.69, 9.17) is 16.3 Å². The number of morpholine rings is 1. The van der Waals surface area contributed by atoms with Crippen LogP contribution in [0.1, 0.15) is 5.56 Å². The summed E-state index contributed by atoms with van der Waals surface area (Å²) in [4.78, 5) is 0. The molecule has 0 amide bonds. The topological polar surface area (TPSA) is 49.9 Å².